The van der Waals surface area contributed by atoms with Gasteiger partial charge in [-0.1, -0.05) is 91.0 Å². The van der Waals surface area contributed by atoms with Crippen molar-refractivity contribution in [3.8, 4) is 124 Å². The van der Waals surface area contributed by atoms with Crippen molar-refractivity contribution in [3.63, 3.8) is 0 Å². The molecule has 482 valence electrons. The molecule has 0 unspecified atom stereocenters. The first-order valence-electron chi connectivity index (χ1n) is 33.9. The van der Waals surface area contributed by atoms with E-state index < -0.39 is 0 Å². The van der Waals surface area contributed by atoms with Gasteiger partial charge in [-0.2, -0.15) is 10.5 Å². The SMILES string of the molecule is N#Cc1c(-c2ccncc2)c(-c2ccncc2)c(-n2c3ccccc3c3c4oc5ccccc5c4ccc32)c(-c2ccncc2)c1-c1ccnc(-c2ccc(-c3c(-c4ccccn4)c(-c4ccccn4)c(C#N)c(-n4c5ccccc5c5c6oc7ccccc7c6ccc54)c3-c3ccccn3)nc2)c1. The third-order valence-electron chi connectivity index (χ3n) is 20.0. The lowest BCUT2D eigenvalue weighted by Gasteiger charge is -2.27. The van der Waals surface area contributed by atoms with E-state index in [1.165, 1.54) is 0 Å². The van der Waals surface area contributed by atoms with Crippen molar-refractivity contribution in [2.45, 2.75) is 0 Å². The lowest BCUT2D eigenvalue weighted by atomic mass is 9.80. The van der Waals surface area contributed by atoms with Crippen LogP contribution in [0.4, 0.5) is 0 Å². The monoisotopic (exact) mass is 1330 g/mol. The van der Waals surface area contributed by atoms with Crippen LogP contribution in [0.1, 0.15) is 11.1 Å². The molecular weight excluding hydrogens is 1280 g/mol. The van der Waals surface area contributed by atoms with Gasteiger partial charge < -0.3 is 18.0 Å². The molecule has 20 aromatic rings. The first-order chi connectivity index (χ1) is 51.6. The topological polar surface area (TPSA) is 187 Å². The van der Waals surface area contributed by atoms with Crippen LogP contribution in [0.2, 0.25) is 0 Å². The summed E-state index contributed by atoms with van der Waals surface area (Å²) < 4.78 is 18.3. The van der Waals surface area contributed by atoms with Crippen molar-refractivity contribution in [2.75, 3.05) is 0 Å². The van der Waals surface area contributed by atoms with E-state index in [1.54, 1.807) is 62.0 Å². The van der Waals surface area contributed by atoms with Crippen molar-refractivity contribution >= 4 is 87.5 Å². The molecule has 0 aliphatic heterocycles. The zero-order chi connectivity index (χ0) is 68.9. The molecule has 0 radical (unpaired) electrons. The fourth-order valence-electron chi connectivity index (χ4n) is 15.8. The van der Waals surface area contributed by atoms with Gasteiger partial charge in [-0.25, -0.2) is 0 Å². The number of furan rings is 2. The Morgan fingerprint density at radius 3 is 1.19 bits per heavy atom. The van der Waals surface area contributed by atoms with Gasteiger partial charge in [0.1, 0.15) is 34.5 Å². The Hall–Kier alpha value is -14.9. The molecule has 0 fully saturated rings. The van der Waals surface area contributed by atoms with Gasteiger partial charge >= 0.3 is 0 Å². The molecule has 0 saturated carbocycles. The van der Waals surface area contributed by atoms with Crippen molar-refractivity contribution < 1.29 is 8.83 Å². The van der Waals surface area contributed by atoms with Crippen LogP contribution in [0.25, 0.3) is 200 Å². The minimum absolute atomic E-state index is 0.354. The Balaban J connectivity index is 0.862. The van der Waals surface area contributed by atoms with E-state index in [9.17, 15) is 10.5 Å². The molecule has 104 heavy (non-hydrogen) atoms. The molecule has 0 aliphatic rings. The average Bonchev–Trinajstić information content (AvgIpc) is 1.44. The standard InChI is InChI=1S/C90H50N12O2/c91-50-64-77(53-32-42-93-43-33-53)79(54-34-44-94-45-35-54)88(102-72-23-6-2-18-63(72)83-74(102)31-28-61-59-16-4-8-25-76(59)104-90(61)83)80(55-36-46-95-47-37-55)78(64)56-38-48-99-70(49-56)57-26-29-69(100-52-57)85-84(67-20-10-13-40-97-67)81(66-19-9-12-39-96-66)65(51-92)87(86(85)68-21-11-14-41-98-68)101-71-22-5-1-17-62(71)82-73(101)30-27-60-58-15-3-7-24-75(58)103-89(60)82/h1-49,52H. The zero-order valence-corrected chi connectivity index (χ0v) is 55.1. The van der Waals surface area contributed by atoms with Crippen LogP contribution in [0.3, 0.4) is 0 Å². The van der Waals surface area contributed by atoms with E-state index >= 15 is 0 Å². The summed E-state index contributed by atoms with van der Waals surface area (Å²) in [6.45, 7) is 0. The third-order valence-corrected chi connectivity index (χ3v) is 20.0. The number of aromatic nitrogens is 10. The molecule has 0 atom stereocenters. The number of nitrogens with zero attached hydrogens (tertiary/aromatic N) is 12. The maximum absolute atomic E-state index is 12.3. The second-order valence-electron chi connectivity index (χ2n) is 25.5. The molecule has 0 amide bonds. The number of para-hydroxylation sites is 4. The third kappa shape index (κ3) is 9.06. The van der Waals surface area contributed by atoms with Crippen molar-refractivity contribution in [1.29, 1.82) is 10.5 Å². The van der Waals surface area contributed by atoms with Crippen LogP contribution in [0, 0.1) is 22.7 Å². The number of fused-ring (bicyclic) bond motifs is 14. The van der Waals surface area contributed by atoms with Crippen LogP contribution >= 0.6 is 0 Å². The fourth-order valence-corrected chi connectivity index (χ4v) is 15.8. The van der Waals surface area contributed by atoms with Gasteiger partial charge in [0.15, 0.2) is 0 Å². The van der Waals surface area contributed by atoms with Crippen molar-refractivity contribution in [2.24, 2.45) is 0 Å². The van der Waals surface area contributed by atoms with Gasteiger partial charge in [-0.3, -0.25) is 39.9 Å². The number of benzene rings is 8. The Morgan fingerprint density at radius 1 is 0.269 bits per heavy atom. The Bertz CT molecular complexity index is 6960. The molecule has 0 spiro atoms. The molecule has 0 saturated heterocycles. The summed E-state index contributed by atoms with van der Waals surface area (Å²) in [7, 11) is 0. The van der Waals surface area contributed by atoms with Crippen LogP contribution in [0.5, 0.6) is 0 Å². The smallest absolute Gasteiger partial charge is 0.145 e. The van der Waals surface area contributed by atoms with Crippen LogP contribution in [-0.2, 0) is 0 Å². The predicted molar refractivity (Wildman–Crippen MR) is 410 cm³/mol. The maximum atomic E-state index is 12.3. The van der Waals surface area contributed by atoms with Gasteiger partial charge in [0.05, 0.1) is 83.8 Å². The lowest BCUT2D eigenvalue weighted by molar-refractivity contribution is 0.672. The first kappa shape index (κ1) is 59.2. The molecule has 12 heterocycles. The molecule has 0 aliphatic carbocycles. The minimum atomic E-state index is 0.354. The maximum Gasteiger partial charge on any atom is 0.145 e. The summed E-state index contributed by atoms with van der Waals surface area (Å²) >= 11 is 0. The normalized spacial score (nSPS) is 11.6. The zero-order valence-electron chi connectivity index (χ0n) is 55.1. The molecule has 0 N–H and O–H groups in total. The summed E-state index contributed by atoms with van der Waals surface area (Å²) in [6.07, 6.45) is 19.6. The molecule has 20 rings (SSSR count). The molecule has 14 nitrogen and oxygen atoms in total. The summed E-state index contributed by atoms with van der Waals surface area (Å²) in [4.78, 5) is 39.6. The Morgan fingerprint density at radius 2 is 0.692 bits per heavy atom. The van der Waals surface area contributed by atoms with E-state index in [-0.39, 0.29) is 0 Å². The van der Waals surface area contributed by atoms with E-state index in [4.69, 9.17) is 33.8 Å². The summed E-state index contributed by atoms with van der Waals surface area (Å²) in [5.74, 6) is 0. The molecule has 8 aromatic carbocycles. The van der Waals surface area contributed by atoms with Gasteiger partial charge in [0.2, 0.25) is 0 Å². The van der Waals surface area contributed by atoms with Crippen LogP contribution in [-0.4, -0.2) is 49.0 Å². The van der Waals surface area contributed by atoms with Gasteiger partial charge in [0, 0.05) is 151 Å². The highest BCUT2D eigenvalue weighted by molar-refractivity contribution is 6.26. The summed E-state index contributed by atoms with van der Waals surface area (Å²) in [5, 5.41) is 32.3. The number of pyridine rings is 8. The molecule has 0 bridgehead atoms. The number of rotatable bonds is 11. The van der Waals surface area contributed by atoms with E-state index in [0.29, 0.717) is 84.2 Å². The quantitative estimate of drug-likeness (QED) is 0.119. The van der Waals surface area contributed by atoms with Gasteiger partial charge in [0.25, 0.3) is 0 Å². The highest BCUT2D eigenvalue weighted by atomic mass is 16.3. The Kier molecular flexibility index (Phi) is 13.6. The van der Waals surface area contributed by atoms with Gasteiger partial charge in [-0.05, 0) is 168 Å². The largest absolute Gasteiger partial charge is 0.455 e. The van der Waals surface area contributed by atoms with E-state index in [1.807, 2.05) is 170 Å². The molecule has 14 heteroatoms. The average molecular weight is 1330 g/mol. The van der Waals surface area contributed by atoms with Crippen LogP contribution < -0.4 is 0 Å². The minimum Gasteiger partial charge on any atom is -0.455 e. The van der Waals surface area contributed by atoms with Crippen molar-refractivity contribution in [1.82, 2.24) is 49.0 Å². The number of hydrogen-bond donors (Lipinski definition) is 0. The number of hydrogen-bond acceptors (Lipinski definition) is 12. The van der Waals surface area contributed by atoms with E-state index in [2.05, 4.69) is 109 Å². The second kappa shape index (κ2) is 24.0. The van der Waals surface area contributed by atoms with Crippen LogP contribution in [0.15, 0.2) is 314 Å². The fraction of sp³-hybridized carbons (Fsp3) is 0. The van der Waals surface area contributed by atoms with Gasteiger partial charge in [-0.15, -0.1) is 0 Å². The second-order valence-corrected chi connectivity index (χ2v) is 25.5. The summed E-state index contributed by atoms with van der Waals surface area (Å²) in [6, 6.07) is 84.5. The Labute approximate surface area is 592 Å². The summed E-state index contributed by atoms with van der Waals surface area (Å²) in [5.41, 5.74) is 21.0. The predicted octanol–water partition coefficient (Wildman–Crippen LogP) is 21.6. The van der Waals surface area contributed by atoms with E-state index in [0.717, 1.165) is 127 Å². The van der Waals surface area contributed by atoms with Crippen molar-refractivity contribution in [3.05, 3.63) is 316 Å². The number of nitriles is 2. The highest BCUT2D eigenvalue weighted by Gasteiger charge is 2.35. The molecular formula is C90H50N12O2. The lowest BCUT2D eigenvalue weighted by Crippen LogP contribution is -2.09. The molecule has 12 aromatic heterocycles. The first-order valence-corrected chi connectivity index (χ1v) is 33.9. The highest BCUT2D eigenvalue weighted by Crippen LogP contribution is 2.55.